The fraction of sp³-hybridized carbons (Fsp3) is 0.467. The Morgan fingerprint density at radius 3 is 2.52 bits per heavy atom. The Balaban J connectivity index is 0.00000220. The van der Waals surface area contributed by atoms with Gasteiger partial charge in [0.25, 0.3) is 0 Å². The Labute approximate surface area is 136 Å². The second-order valence-electron chi connectivity index (χ2n) is 4.95. The van der Waals surface area contributed by atoms with Crippen LogP contribution in [0.2, 0.25) is 0 Å². The molecule has 4 nitrogen and oxygen atoms in total. The second-order valence-corrected chi connectivity index (χ2v) is 5.22. The van der Waals surface area contributed by atoms with Gasteiger partial charge in [-0.3, -0.25) is 9.69 Å². The van der Waals surface area contributed by atoms with E-state index >= 15 is 0 Å². The number of hydrogen-bond donors (Lipinski definition) is 0. The maximum Gasteiger partial charge on any atom is 0.237 e. The van der Waals surface area contributed by atoms with Gasteiger partial charge in [0.15, 0.2) is 0 Å². The number of nitriles is 1. The number of hydrogen-bond acceptors (Lipinski definition) is 3. The predicted molar refractivity (Wildman–Crippen MR) is 85.6 cm³/mol. The molecule has 0 N–H and O–H groups in total. The lowest BCUT2D eigenvalue weighted by Gasteiger charge is -2.21. The van der Waals surface area contributed by atoms with E-state index in [2.05, 4.69) is 11.0 Å². The van der Waals surface area contributed by atoms with Crippen molar-refractivity contribution in [2.24, 2.45) is 0 Å². The lowest BCUT2D eigenvalue weighted by atomic mass is 10.1. The Hall–Kier alpha value is -1.28. The van der Waals surface area contributed by atoms with E-state index in [0.29, 0.717) is 5.56 Å². The number of alkyl halides is 1. The minimum absolute atomic E-state index is 0. The number of carbonyl (C=O) groups excluding carboxylic acids is 1. The first-order valence-corrected chi connectivity index (χ1v) is 7.31. The van der Waals surface area contributed by atoms with Crippen molar-refractivity contribution >= 4 is 29.9 Å². The highest BCUT2D eigenvalue weighted by Gasteiger charge is 2.18. The van der Waals surface area contributed by atoms with E-state index < -0.39 is 0 Å². The Kier molecular flexibility index (Phi) is 7.52. The molecule has 0 spiro atoms. The second kappa shape index (κ2) is 8.89. The topological polar surface area (TPSA) is 47.3 Å². The van der Waals surface area contributed by atoms with Crippen LogP contribution in [0.1, 0.15) is 17.5 Å². The molecule has 2 rings (SSSR count). The normalized spacial score (nSPS) is 15.7. The molecule has 6 heteroatoms. The molecule has 0 radical (unpaired) electrons. The zero-order valence-corrected chi connectivity index (χ0v) is 13.4. The molecule has 1 heterocycles. The van der Waals surface area contributed by atoms with E-state index in [1.165, 1.54) is 5.56 Å². The van der Waals surface area contributed by atoms with Crippen molar-refractivity contribution in [1.82, 2.24) is 9.80 Å². The van der Waals surface area contributed by atoms with Crippen LogP contribution in [-0.2, 0) is 11.3 Å². The van der Waals surface area contributed by atoms with Crippen molar-refractivity contribution < 1.29 is 4.79 Å². The van der Waals surface area contributed by atoms with Crippen LogP contribution in [0.15, 0.2) is 24.3 Å². The van der Waals surface area contributed by atoms with Crippen LogP contribution in [0.5, 0.6) is 0 Å². The van der Waals surface area contributed by atoms with E-state index in [-0.39, 0.29) is 24.2 Å². The van der Waals surface area contributed by atoms with Gasteiger partial charge in [-0.25, -0.2) is 0 Å². The largest absolute Gasteiger partial charge is 0.340 e. The monoisotopic (exact) mass is 327 g/mol. The lowest BCUT2D eigenvalue weighted by Crippen LogP contribution is -2.35. The van der Waals surface area contributed by atoms with Crippen molar-refractivity contribution in [3.05, 3.63) is 35.4 Å². The first-order chi connectivity index (χ1) is 9.72. The summed E-state index contributed by atoms with van der Waals surface area (Å²) in [5.41, 5.74) is 1.88. The molecule has 114 valence electrons. The molecule has 21 heavy (non-hydrogen) atoms. The minimum Gasteiger partial charge on any atom is -0.340 e. The molecule has 0 aromatic heterocycles. The van der Waals surface area contributed by atoms with Crippen LogP contribution < -0.4 is 0 Å². The van der Waals surface area contributed by atoms with Crippen LogP contribution in [0.25, 0.3) is 0 Å². The number of nitrogens with zero attached hydrogens (tertiary/aromatic N) is 3. The summed E-state index contributed by atoms with van der Waals surface area (Å²) >= 11 is 5.60. The van der Waals surface area contributed by atoms with E-state index in [4.69, 9.17) is 16.9 Å². The fourth-order valence-corrected chi connectivity index (χ4v) is 2.57. The van der Waals surface area contributed by atoms with E-state index in [0.717, 1.165) is 39.1 Å². The molecular formula is C15H19Cl2N3O. The van der Waals surface area contributed by atoms with Gasteiger partial charge in [-0.2, -0.15) is 5.26 Å². The molecular weight excluding hydrogens is 309 g/mol. The maximum atomic E-state index is 11.6. The van der Waals surface area contributed by atoms with Gasteiger partial charge in [0, 0.05) is 32.7 Å². The van der Waals surface area contributed by atoms with Crippen molar-refractivity contribution in [1.29, 1.82) is 5.26 Å². The Morgan fingerprint density at radius 2 is 1.90 bits per heavy atom. The first kappa shape index (κ1) is 17.8. The molecule has 0 atom stereocenters. The molecule has 1 aliphatic rings. The average molecular weight is 328 g/mol. The van der Waals surface area contributed by atoms with Gasteiger partial charge in [-0.1, -0.05) is 12.1 Å². The fourth-order valence-electron chi connectivity index (χ4n) is 2.41. The van der Waals surface area contributed by atoms with Gasteiger partial charge in [0.05, 0.1) is 11.6 Å². The van der Waals surface area contributed by atoms with Gasteiger partial charge in [0.1, 0.15) is 5.88 Å². The van der Waals surface area contributed by atoms with Crippen LogP contribution in [0.4, 0.5) is 0 Å². The predicted octanol–water partition coefficient (Wildman–Crippen LogP) is 2.25. The van der Waals surface area contributed by atoms with Crippen molar-refractivity contribution in [3.8, 4) is 6.07 Å². The smallest absolute Gasteiger partial charge is 0.237 e. The molecule has 1 amide bonds. The molecule has 1 aromatic carbocycles. The molecule has 1 fully saturated rings. The van der Waals surface area contributed by atoms with Crippen molar-refractivity contribution in [3.63, 3.8) is 0 Å². The summed E-state index contributed by atoms with van der Waals surface area (Å²) in [5, 5.41) is 8.78. The molecule has 1 saturated heterocycles. The third kappa shape index (κ3) is 5.20. The summed E-state index contributed by atoms with van der Waals surface area (Å²) in [6.07, 6.45) is 0.971. The summed E-state index contributed by atoms with van der Waals surface area (Å²) in [6.45, 7) is 4.22. The molecule has 1 aliphatic heterocycles. The number of amides is 1. The summed E-state index contributed by atoms with van der Waals surface area (Å²) in [7, 11) is 0. The highest BCUT2D eigenvalue weighted by Crippen LogP contribution is 2.10. The zero-order valence-electron chi connectivity index (χ0n) is 11.8. The highest BCUT2D eigenvalue weighted by atomic mass is 35.5. The third-order valence-corrected chi connectivity index (χ3v) is 3.77. The van der Waals surface area contributed by atoms with Gasteiger partial charge < -0.3 is 4.90 Å². The summed E-state index contributed by atoms with van der Waals surface area (Å²) in [6, 6.07) is 9.79. The van der Waals surface area contributed by atoms with Crippen LogP contribution >= 0.6 is 24.0 Å². The van der Waals surface area contributed by atoms with E-state index in [1.54, 1.807) is 0 Å². The van der Waals surface area contributed by atoms with Crippen LogP contribution in [-0.4, -0.2) is 47.8 Å². The number of benzene rings is 1. The maximum absolute atomic E-state index is 11.6. The average Bonchev–Trinajstić information content (AvgIpc) is 2.73. The minimum atomic E-state index is 0. The Bertz CT molecular complexity index is 499. The van der Waals surface area contributed by atoms with Crippen LogP contribution in [0.3, 0.4) is 0 Å². The molecule has 0 bridgehead atoms. The van der Waals surface area contributed by atoms with Gasteiger partial charge in [0.2, 0.25) is 5.91 Å². The molecule has 0 saturated carbocycles. The molecule has 0 unspecified atom stereocenters. The van der Waals surface area contributed by atoms with Crippen molar-refractivity contribution in [2.75, 3.05) is 32.1 Å². The SMILES string of the molecule is Cl.N#Cc1ccc(CN2CCCN(C(=O)CCl)CC2)cc1. The van der Waals surface area contributed by atoms with Crippen LogP contribution in [0, 0.1) is 11.3 Å². The Morgan fingerprint density at radius 1 is 1.19 bits per heavy atom. The zero-order chi connectivity index (χ0) is 14.4. The van der Waals surface area contributed by atoms with Gasteiger partial charge in [-0.05, 0) is 24.1 Å². The first-order valence-electron chi connectivity index (χ1n) is 6.78. The standard InChI is InChI=1S/C15H18ClN3O.ClH/c16-10-15(20)19-7-1-6-18(8-9-19)12-14-4-2-13(11-17)3-5-14;/h2-5H,1,6-10,12H2;1H. The van der Waals surface area contributed by atoms with Gasteiger partial charge >= 0.3 is 0 Å². The summed E-state index contributed by atoms with van der Waals surface area (Å²) in [4.78, 5) is 15.8. The number of carbonyl (C=O) groups is 1. The third-order valence-electron chi connectivity index (χ3n) is 3.54. The van der Waals surface area contributed by atoms with E-state index in [9.17, 15) is 4.79 Å². The molecule has 0 aliphatic carbocycles. The number of halogens is 2. The van der Waals surface area contributed by atoms with Gasteiger partial charge in [-0.15, -0.1) is 24.0 Å². The molecule has 1 aromatic rings. The quantitative estimate of drug-likeness (QED) is 0.800. The highest BCUT2D eigenvalue weighted by molar-refractivity contribution is 6.27. The van der Waals surface area contributed by atoms with Crippen molar-refractivity contribution in [2.45, 2.75) is 13.0 Å². The lowest BCUT2D eigenvalue weighted by molar-refractivity contribution is -0.128. The van der Waals surface area contributed by atoms with E-state index in [1.807, 2.05) is 29.2 Å². The summed E-state index contributed by atoms with van der Waals surface area (Å²) < 4.78 is 0. The number of rotatable bonds is 3. The summed E-state index contributed by atoms with van der Waals surface area (Å²) in [5.74, 6) is 0.0854.